The molecule has 0 unspecified atom stereocenters. The zero-order valence-corrected chi connectivity index (χ0v) is 19.5. The molecule has 0 saturated carbocycles. The highest BCUT2D eigenvalue weighted by atomic mass is 19.1. The van der Waals surface area contributed by atoms with Crippen LogP contribution in [0.25, 0.3) is 11.4 Å². The highest BCUT2D eigenvalue weighted by Crippen LogP contribution is 2.32. The van der Waals surface area contributed by atoms with Crippen LogP contribution in [0.1, 0.15) is 33.9 Å². The molecule has 4 heterocycles. The van der Waals surface area contributed by atoms with Gasteiger partial charge in [0.1, 0.15) is 11.9 Å². The van der Waals surface area contributed by atoms with Gasteiger partial charge in [0.15, 0.2) is 11.6 Å². The first-order valence-corrected chi connectivity index (χ1v) is 11.2. The molecule has 37 heavy (non-hydrogen) atoms. The molecule has 2 N–H and O–H groups in total. The van der Waals surface area contributed by atoms with Crippen molar-refractivity contribution in [2.24, 2.45) is 17.9 Å². The number of hydrogen-bond donors (Lipinski definition) is 1. The topological polar surface area (TPSA) is 143 Å². The van der Waals surface area contributed by atoms with Gasteiger partial charge >= 0.3 is 6.03 Å². The number of halogens is 2. The summed E-state index contributed by atoms with van der Waals surface area (Å²) in [5.41, 5.74) is 6.72. The minimum Gasteiger partial charge on any atom is -0.483 e. The second kappa shape index (κ2) is 9.30. The lowest BCUT2D eigenvalue weighted by Crippen LogP contribution is -2.58. The molecule has 1 atom stereocenters. The number of primary amides is 1. The van der Waals surface area contributed by atoms with E-state index in [1.165, 1.54) is 39.0 Å². The lowest BCUT2D eigenvalue weighted by atomic mass is 10.0. The number of carbonyl (C=O) groups excluding carboxylic acids is 2. The van der Waals surface area contributed by atoms with Crippen LogP contribution in [0.2, 0.25) is 0 Å². The molecule has 0 aliphatic carbocycles. The van der Waals surface area contributed by atoms with Crippen molar-refractivity contribution in [2.75, 3.05) is 13.1 Å². The Balaban J connectivity index is 1.27. The van der Waals surface area contributed by atoms with Gasteiger partial charge in [-0.05, 0) is 23.8 Å². The number of rotatable bonds is 5. The number of aromatic nitrogens is 3. The fourth-order valence-corrected chi connectivity index (χ4v) is 4.30. The van der Waals surface area contributed by atoms with Crippen LogP contribution in [-0.4, -0.2) is 62.0 Å². The number of hydrazone groups is 1. The summed E-state index contributed by atoms with van der Waals surface area (Å²) in [6, 6.07) is 6.21. The highest BCUT2D eigenvalue weighted by molar-refractivity contribution is 5.98. The number of carbonyl (C=O) groups is 2. The number of benzene rings is 1. The third kappa shape index (κ3) is 4.44. The number of nitrogens with two attached hydrogens (primary N) is 1. The third-order valence-electron chi connectivity index (χ3n) is 6.14. The van der Waals surface area contributed by atoms with Crippen LogP contribution in [0.3, 0.4) is 0 Å². The summed E-state index contributed by atoms with van der Waals surface area (Å²) in [6.07, 6.45) is 3.71. The number of nitriles is 1. The fourth-order valence-electron chi connectivity index (χ4n) is 4.30. The normalized spacial score (nSPS) is 17.0. The summed E-state index contributed by atoms with van der Waals surface area (Å²) in [4.78, 5) is 30.3. The van der Waals surface area contributed by atoms with E-state index in [0.29, 0.717) is 17.7 Å². The number of ether oxygens (including phenoxy) is 1. The number of hydrogen-bond acceptors (Lipinski definition) is 7. The van der Waals surface area contributed by atoms with Gasteiger partial charge in [0.05, 0.1) is 60.1 Å². The number of nitrogens with zero attached hydrogens (tertiary/aromatic N) is 7. The van der Waals surface area contributed by atoms with Gasteiger partial charge in [0, 0.05) is 25.7 Å². The minimum absolute atomic E-state index is 0.0976. The van der Waals surface area contributed by atoms with Crippen molar-refractivity contribution in [1.29, 1.82) is 5.26 Å². The Kier molecular flexibility index (Phi) is 6.00. The van der Waals surface area contributed by atoms with Crippen molar-refractivity contribution in [1.82, 2.24) is 24.7 Å². The fraction of sp³-hybridized carbons (Fsp3) is 0.250. The van der Waals surface area contributed by atoms with Gasteiger partial charge in [-0.3, -0.25) is 14.5 Å². The van der Waals surface area contributed by atoms with Crippen molar-refractivity contribution in [3.8, 4) is 23.2 Å². The van der Waals surface area contributed by atoms with Crippen molar-refractivity contribution >= 4 is 18.2 Å². The third-order valence-corrected chi connectivity index (χ3v) is 6.14. The second-order valence-corrected chi connectivity index (χ2v) is 8.60. The largest absolute Gasteiger partial charge is 0.483 e. The van der Waals surface area contributed by atoms with Crippen LogP contribution in [0.5, 0.6) is 5.75 Å². The van der Waals surface area contributed by atoms with E-state index in [9.17, 15) is 18.4 Å². The van der Waals surface area contributed by atoms with Gasteiger partial charge in [-0.2, -0.15) is 15.5 Å². The molecule has 2 aliphatic rings. The Morgan fingerprint density at radius 3 is 2.70 bits per heavy atom. The van der Waals surface area contributed by atoms with Crippen LogP contribution in [0.4, 0.5) is 13.6 Å². The Labute approximate surface area is 209 Å². The molecular weight excluding hydrogens is 486 g/mol. The van der Waals surface area contributed by atoms with Crippen molar-refractivity contribution in [3.63, 3.8) is 0 Å². The number of amides is 3. The maximum Gasteiger partial charge on any atom is 0.341 e. The summed E-state index contributed by atoms with van der Waals surface area (Å²) < 4.78 is 35.6. The molecule has 1 saturated heterocycles. The number of urea groups is 1. The van der Waals surface area contributed by atoms with E-state index in [0.717, 1.165) is 12.3 Å². The molecule has 0 spiro atoms. The standard InChI is InChI=1S/C24H20F2N8O3/c1-32-22(17(9-31-32)23(28)35)19-7-21(18(26)10-29-19)37-16-11-33(12-16)24(36)34-20(2-3-30-34)14-4-13(8-27)5-15(25)6-14/h3-7,9-10,16,20H,2,11-12H2,1H3,(H2,28,35)/t20-/m0/s1. The van der Waals surface area contributed by atoms with Crippen LogP contribution in [0.15, 0.2) is 41.8 Å². The lowest BCUT2D eigenvalue weighted by Gasteiger charge is -2.41. The lowest BCUT2D eigenvalue weighted by molar-refractivity contribution is 0.0257. The van der Waals surface area contributed by atoms with E-state index in [2.05, 4.69) is 15.2 Å². The molecule has 3 aromatic rings. The summed E-state index contributed by atoms with van der Waals surface area (Å²) in [6.45, 7) is 0.332. The molecular formula is C24H20F2N8O3. The molecule has 0 radical (unpaired) electrons. The van der Waals surface area contributed by atoms with Gasteiger partial charge in [-0.25, -0.2) is 18.6 Å². The van der Waals surface area contributed by atoms with E-state index >= 15 is 0 Å². The maximum atomic E-state index is 14.5. The Morgan fingerprint density at radius 1 is 1.19 bits per heavy atom. The smallest absolute Gasteiger partial charge is 0.341 e. The Morgan fingerprint density at radius 2 is 1.97 bits per heavy atom. The highest BCUT2D eigenvalue weighted by Gasteiger charge is 2.39. The molecule has 188 valence electrons. The van der Waals surface area contributed by atoms with E-state index in [4.69, 9.17) is 15.7 Å². The molecule has 1 aromatic carbocycles. The van der Waals surface area contributed by atoms with Crippen LogP contribution in [0, 0.1) is 23.0 Å². The molecule has 2 aliphatic heterocycles. The Hall–Kier alpha value is -4.86. The van der Waals surface area contributed by atoms with Crippen molar-refractivity contribution in [3.05, 3.63) is 65.0 Å². The Bertz CT molecular complexity index is 1480. The molecule has 0 bridgehead atoms. The van der Waals surface area contributed by atoms with Gasteiger partial charge < -0.3 is 15.4 Å². The molecule has 1 fully saturated rings. The van der Waals surface area contributed by atoms with Gasteiger partial charge in [-0.15, -0.1) is 0 Å². The van der Waals surface area contributed by atoms with E-state index < -0.39 is 35.7 Å². The van der Waals surface area contributed by atoms with Crippen LogP contribution in [-0.2, 0) is 7.05 Å². The molecule has 3 amide bonds. The molecule has 11 nitrogen and oxygen atoms in total. The van der Waals surface area contributed by atoms with Gasteiger partial charge in [-0.1, -0.05) is 0 Å². The average Bonchev–Trinajstić information content (AvgIpc) is 3.48. The minimum atomic E-state index is -0.708. The van der Waals surface area contributed by atoms with Crippen molar-refractivity contribution < 1.29 is 23.1 Å². The number of likely N-dealkylation sites (tertiary alicyclic amines) is 1. The first kappa shape index (κ1) is 23.9. The van der Waals surface area contributed by atoms with E-state index in [-0.39, 0.29) is 35.7 Å². The first-order chi connectivity index (χ1) is 17.7. The van der Waals surface area contributed by atoms with E-state index in [1.807, 2.05) is 6.07 Å². The number of aryl methyl sites for hydroxylation is 1. The summed E-state index contributed by atoms with van der Waals surface area (Å²) in [5, 5.41) is 18.5. The van der Waals surface area contributed by atoms with Gasteiger partial charge in [0.2, 0.25) is 0 Å². The summed E-state index contributed by atoms with van der Waals surface area (Å²) in [7, 11) is 1.60. The summed E-state index contributed by atoms with van der Waals surface area (Å²) >= 11 is 0. The van der Waals surface area contributed by atoms with Crippen LogP contribution >= 0.6 is 0 Å². The van der Waals surface area contributed by atoms with Gasteiger partial charge in [0.25, 0.3) is 5.91 Å². The molecule has 13 heteroatoms. The molecule has 5 rings (SSSR count). The maximum absolute atomic E-state index is 14.5. The SMILES string of the molecule is Cn1ncc(C(N)=O)c1-c1cc(OC2CN(C(=O)N3N=CC[C@H]3c3cc(F)cc(C#N)c3)C2)c(F)cn1. The van der Waals surface area contributed by atoms with E-state index in [1.54, 1.807) is 13.3 Å². The molecule has 2 aromatic heterocycles. The van der Waals surface area contributed by atoms with Crippen LogP contribution < -0.4 is 10.5 Å². The predicted octanol–water partition coefficient (Wildman–Crippen LogP) is 2.35. The average molecular weight is 506 g/mol. The zero-order chi connectivity index (χ0) is 26.3. The second-order valence-electron chi connectivity index (χ2n) is 8.60. The monoisotopic (exact) mass is 506 g/mol. The zero-order valence-electron chi connectivity index (χ0n) is 19.5. The summed E-state index contributed by atoms with van der Waals surface area (Å²) in [5.74, 6) is -2.08. The quantitative estimate of drug-likeness (QED) is 0.563. The predicted molar refractivity (Wildman–Crippen MR) is 125 cm³/mol. The first-order valence-electron chi connectivity index (χ1n) is 11.2. The number of pyridine rings is 1. The van der Waals surface area contributed by atoms with Crippen molar-refractivity contribution in [2.45, 2.75) is 18.6 Å².